The molecule has 1 aromatic rings. The van der Waals surface area contributed by atoms with Crippen LogP contribution in [0.4, 0.5) is 5.69 Å². The molecule has 0 spiro atoms. The quantitative estimate of drug-likeness (QED) is 0.362. The van der Waals surface area contributed by atoms with Crippen LogP contribution in [-0.4, -0.2) is 30.7 Å². The summed E-state index contributed by atoms with van der Waals surface area (Å²) in [5, 5.41) is 12.1. The van der Waals surface area contributed by atoms with Gasteiger partial charge in [0.25, 0.3) is 0 Å². The molecule has 1 saturated carbocycles. The van der Waals surface area contributed by atoms with Gasteiger partial charge in [0.05, 0.1) is 12.8 Å². The SMILES string of the molecule is COc1ccc(/C(N)=N/O)c(N(CC(C)C)C2CC2)c1. The van der Waals surface area contributed by atoms with Crippen molar-refractivity contribution < 1.29 is 9.94 Å². The van der Waals surface area contributed by atoms with Crippen molar-refractivity contribution in [1.82, 2.24) is 0 Å². The molecule has 5 nitrogen and oxygen atoms in total. The molecule has 0 aromatic heterocycles. The maximum atomic E-state index is 8.97. The second-order valence-electron chi connectivity index (χ2n) is 5.65. The largest absolute Gasteiger partial charge is 0.497 e. The highest BCUT2D eigenvalue weighted by molar-refractivity contribution is 6.02. The zero-order valence-electron chi connectivity index (χ0n) is 12.3. The topological polar surface area (TPSA) is 71.1 Å². The maximum absolute atomic E-state index is 8.97. The standard InChI is InChI=1S/C15H23N3O2/c1-10(2)9-18(11-4-5-11)14-8-12(20-3)6-7-13(14)15(16)17-19/h6-8,10-11,19H,4-5,9H2,1-3H3,(H2,16,17). The van der Waals surface area contributed by atoms with Crippen molar-refractivity contribution in [2.45, 2.75) is 32.7 Å². The molecule has 0 heterocycles. The van der Waals surface area contributed by atoms with Gasteiger partial charge in [-0.15, -0.1) is 0 Å². The number of nitrogens with two attached hydrogens (primary N) is 1. The third-order valence-corrected chi connectivity index (χ3v) is 3.45. The minimum atomic E-state index is 0.136. The van der Waals surface area contributed by atoms with Gasteiger partial charge in [0.2, 0.25) is 0 Å². The van der Waals surface area contributed by atoms with E-state index in [0.717, 1.165) is 23.5 Å². The van der Waals surface area contributed by atoms with E-state index in [1.54, 1.807) is 7.11 Å². The molecule has 0 atom stereocenters. The third kappa shape index (κ3) is 3.15. The van der Waals surface area contributed by atoms with Crippen LogP contribution in [0.1, 0.15) is 32.3 Å². The lowest BCUT2D eigenvalue weighted by Gasteiger charge is -2.29. The minimum absolute atomic E-state index is 0.136. The molecule has 2 rings (SSSR count). The van der Waals surface area contributed by atoms with Gasteiger partial charge >= 0.3 is 0 Å². The maximum Gasteiger partial charge on any atom is 0.172 e. The molecule has 110 valence electrons. The molecule has 3 N–H and O–H groups in total. The molecule has 1 fully saturated rings. The van der Waals surface area contributed by atoms with Crippen molar-refractivity contribution in [1.29, 1.82) is 0 Å². The molecule has 1 aromatic carbocycles. The number of ether oxygens (including phenoxy) is 1. The number of nitrogens with zero attached hydrogens (tertiary/aromatic N) is 2. The van der Waals surface area contributed by atoms with E-state index < -0.39 is 0 Å². The minimum Gasteiger partial charge on any atom is -0.497 e. The Labute approximate surface area is 120 Å². The van der Waals surface area contributed by atoms with Gasteiger partial charge in [-0.2, -0.15) is 0 Å². The molecule has 0 amide bonds. The van der Waals surface area contributed by atoms with Crippen LogP contribution in [0.5, 0.6) is 5.75 Å². The van der Waals surface area contributed by atoms with Gasteiger partial charge in [0.15, 0.2) is 5.84 Å². The zero-order chi connectivity index (χ0) is 14.7. The molecular formula is C15H23N3O2. The highest BCUT2D eigenvalue weighted by atomic mass is 16.5. The van der Waals surface area contributed by atoms with Crippen molar-refractivity contribution in [3.63, 3.8) is 0 Å². The van der Waals surface area contributed by atoms with Crippen molar-refractivity contribution in [3.8, 4) is 5.75 Å². The van der Waals surface area contributed by atoms with Gasteiger partial charge in [0, 0.05) is 24.2 Å². The Bertz CT molecular complexity index is 496. The molecule has 0 unspecified atom stereocenters. The Morgan fingerprint density at radius 2 is 2.20 bits per heavy atom. The Hall–Kier alpha value is -1.91. The number of hydrogen-bond acceptors (Lipinski definition) is 4. The number of methoxy groups -OCH3 is 1. The Balaban J connectivity index is 2.44. The normalized spacial score (nSPS) is 15.5. The van der Waals surface area contributed by atoms with Gasteiger partial charge in [-0.3, -0.25) is 0 Å². The second kappa shape index (κ2) is 6.03. The summed E-state index contributed by atoms with van der Waals surface area (Å²) in [5.41, 5.74) is 7.54. The first kappa shape index (κ1) is 14.5. The summed E-state index contributed by atoms with van der Waals surface area (Å²) in [6.45, 7) is 5.33. The van der Waals surface area contributed by atoms with Crippen LogP contribution >= 0.6 is 0 Å². The second-order valence-corrected chi connectivity index (χ2v) is 5.65. The van der Waals surface area contributed by atoms with E-state index in [0.29, 0.717) is 12.0 Å². The highest BCUT2D eigenvalue weighted by Gasteiger charge is 2.31. The molecule has 20 heavy (non-hydrogen) atoms. The zero-order valence-corrected chi connectivity index (χ0v) is 12.3. The summed E-state index contributed by atoms with van der Waals surface area (Å²) in [6.07, 6.45) is 2.39. The van der Waals surface area contributed by atoms with Crippen molar-refractivity contribution in [2.75, 3.05) is 18.6 Å². The van der Waals surface area contributed by atoms with Gasteiger partial charge in [-0.1, -0.05) is 19.0 Å². The number of anilines is 1. The summed E-state index contributed by atoms with van der Waals surface area (Å²) in [6, 6.07) is 6.19. The fraction of sp³-hybridized carbons (Fsp3) is 0.533. The van der Waals surface area contributed by atoms with Crippen LogP contribution in [-0.2, 0) is 0 Å². The van der Waals surface area contributed by atoms with Crippen LogP contribution in [0.2, 0.25) is 0 Å². The molecule has 1 aliphatic carbocycles. The van der Waals surface area contributed by atoms with Gasteiger partial charge in [-0.05, 0) is 30.9 Å². The Morgan fingerprint density at radius 1 is 1.50 bits per heavy atom. The molecule has 1 aliphatic rings. The Morgan fingerprint density at radius 3 is 2.70 bits per heavy atom. The lowest BCUT2D eigenvalue weighted by atomic mass is 10.1. The van der Waals surface area contributed by atoms with E-state index in [1.165, 1.54) is 12.8 Å². The number of amidine groups is 1. The number of benzene rings is 1. The highest BCUT2D eigenvalue weighted by Crippen LogP contribution is 2.36. The lowest BCUT2D eigenvalue weighted by molar-refractivity contribution is 0.318. The first-order valence-corrected chi connectivity index (χ1v) is 6.99. The smallest absolute Gasteiger partial charge is 0.172 e. The molecule has 5 heteroatoms. The fourth-order valence-corrected chi connectivity index (χ4v) is 2.37. The average Bonchev–Trinajstić information content (AvgIpc) is 3.27. The van der Waals surface area contributed by atoms with E-state index in [4.69, 9.17) is 15.7 Å². The van der Waals surface area contributed by atoms with E-state index in [2.05, 4.69) is 23.9 Å². The predicted molar refractivity (Wildman–Crippen MR) is 80.7 cm³/mol. The van der Waals surface area contributed by atoms with Crippen molar-refractivity contribution in [2.24, 2.45) is 16.8 Å². The summed E-state index contributed by atoms with van der Waals surface area (Å²) >= 11 is 0. The van der Waals surface area contributed by atoms with Gasteiger partial charge < -0.3 is 20.6 Å². The number of rotatable bonds is 6. The fourth-order valence-electron chi connectivity index (χ4n) is 2.37. The van der Waals surface area contributed by atoms with Gasteiger partial charge in [0.1, 0.15) is 5.75 Å². The molecule has 0 bridgehead atoms. The van der Waals surface area contributed by atoms with Crippen LogP contribution < -0.4 is 15.4 Å². The Kier molecular flexibility index (Phi) is 4.37. The summed E-state index contributed by atoms with van der Waals surface area (Å²) < 4.78 is 5.31. The molecular weight excluding hydrogens is 254 g/mol. The van der Waals surface area contributed by atoms with Crippen molar-refractivity contribution >= 4 is 11.5 Å². The summed E-state index contributed by atoms with van der Waals surface area (Å²) in [4.78, 5) is 2.35. The first-order chi connectivity index (χ1) is 9.56. The molecule has 0 aliphatic heterocycles. The third-order valence-electron chi connectivity index (χ3n) is 3.45. The number of oxime groups is 1. The number of hydrogen-bond donors (Lipinski definition) is 2. The molecule has 0 radical (unpaired) electrons. The van der Waals surface area contributed by atoms with E-state index in [1.807, 2.05) is 18.2 Å². The average molecular weight is 277 g/mol. The van der Waals surface area contributed by atoms with Crippen molar-refractivity contribution in [3.05, 3.63) is 23.8 Å². The monoisotopic (exact) mass is 277 g/mol. The molecule has 0 saturated heterocycles. The van der Waals surface area contributed by atoms with Gasteiger partial charge in [-0.25, -0.2) is 0 Å². The summed E-state index contributed by atoms with van der Waals surface area (Å²) in [5.74, 6) is 1.46. The van der Waals surface area contributed by atoms with E-state index in [9.17, 15) is 0 Å². The van der Waals surface area contributed by atoms with Crippen LogP contribution in [0, 0.1) is 5.92 Å². The van der Waals surface area contributed by atoms with E-state index >= 15 is 0 Å². The van der Waals surface area contributed by atoms with Crippen LogP contribution in [0.3, 0.4) is 0 Å². The van der Waals surface area contributed by atoms with Crippen LogP contribution in [0.25, 0.3) is 0 Å². The van der Waals surface area contributed by atoms with E-state index in [-0.39, 0.29) is 5.84 Å². The lowest BCUT2D eigenvalue weighted by Crippen LogP contribution is -2.32. The predicted octanol–water partition coefficient (Wildman–Crippen LogP) is 2.41. The van der Waals surface area contributed by atoms with Crippen LogP contribution in [0.15, 0.2) is 23.4 Å². The first-order valence-electron chi connectivity index (χ1n) is 6.99. The summed E-state index contributed by atoms with van der Waals surface area (Å²) in [7, 11) is 1.65.